The van der Waals surface area contributed by atoms with Gasteiger partial charge in [-0.3, -0.25) is 0 Å². The van der Waals surface area contributed by atoms with E-state index in [-0.39, 0.29) is 0 Å². The van der Waals surface area contributed by atoms with Gasteiger partial charge < -0.3 is 0 Å². The van der Waals surface area contributed by atoms with Gasteiger partial charge in [-0.25, -0.2) is 0 Å². The maximum absolute atomic E-state index is 2.33. The molecule has 0 unspecified atom stereocenters. The van der Waals surface area contributed by atoms with E-state index in [1.54, 1.807) is 0 Å². The van der Waals surface area contributed by atoms with Gasteiger partial charge in [0.2, 0.25) is 0 Å². The highest BCUT2D eigenvalue weighted by Crippen LogP contribution is 2.22. The Balaban J connectivity index is 3.22. The molecule has 0 amide bonds. The van der Waals surface area contributed by atoms with Crippen molar-refractivity contribution >= 4 is 11.8 Å². The van der Waals surface area contributed by atoms with Crippen molar-refractivity contribution in [1.82, 2.24) is 0 Å². The molecule has 0 aromatic carbocycles. The summed E-state index contributed by atoms with van der Waals surface area (Å²) in [6, 6.07) is 0. The fourth-order valence-electron chi connectivity index (χ4n) is 0.996. The Kier molecular flexibility index (Phi) is 7.54. The lowest BCUT2D eigenvalue weighted by Gasteiger charge is -2.15. The van der Waals surface area contributed by atoms with E-state index in [0.717, 1.165) is 5.75 Å². The first-order valence-corrected chi connectivity index (χ1v) is 6.34. The highest BCUT2D eigenvalue weighted by molar-refractivity contribution is 8.00. The van der Waals surface area contributed by atoms with Gasteiger partial charge in [0.1, 0.15) is 0 Å². The van der Waals surface area contributed by atoms with Crippen molar-refractivity contribution in [3.63, 3.8) is 0 Å². The largest absolute Gasteiger partial charge is 0.152 e. The summed E-state index contributed by atoms with van der Waals surface area (Å²) in [7, 11) is 0. The van der Waals surface area contributed by atoms with Crippen molar-refractivity contribution in [2.45, 2.75) is 58.1 Å². The number of rotatable bonds is 6. The smallest absolute Gasteiger partial charge is 0.0118 e. The molecule has 0 saturated heterocycles. The van der Waals surface area contributed by atoms with Crippen molar-refractivity contribution in [1.29, 1.82) is 0 Å². The molecule has 0 bridgehead atoms. The molecule has 0 rings (SSSR count). The second kappa shape index (κ2) is 7.49. The Bertz CT molecular complexity index is 131. The molecule has 13 heavy (non-hydrogen) atoms. The van der Waals surface area contributed by atoms with Crippen LogP contribution in [0.1, 0.15) is 53.4 Å². The average molecular weight is 200 g/mol. The van der Waals surface area contributed by atoms with Crippen molar-refractivity contribution in [2.75, 3.05) is 5.75 Å². The zero-order valence-electron chi connectivity index (χ0n) is 9.60. The third kappa shape index (κ3) is 12.1. The first-order chi connectivity index (χ1) is 6.06. The third-order valence-electron chi connectivity index (χ3n) is 1.75. The lowest BCUT2D eigenvalue weighted by Crippen LogP contribution is -2.07. The molecule has 78 valence electrons. The Morgan fingerprint density at radius 1 is 1.08 bits per heavy atom. The van der Waals surface area contributed by atoms with Crippen molar-refractivity contribution in [3.05, 3.63) is 12.2 Å². The number of hydrogen-bond donors (Lipinski definition) is 0. The van der Waals surface area contributed by atoms with Gasteiger partial charge in [-0.05, 0) is 12.8 Å². The van der Waals surface area contributed by atoms with E-state index in [2.05, 4.69) is 39.8 Å². The van der Waals surface area contributed by atoms with E-state index < -0.39 is 0 Å². The van der Waals surface area contributed by atoms with Crippen LogP contribution in [0.25, 0.3) is 0 Å². The highest BCUT2D eigenvalue weighted by atomic mass is 32.2. The minimum atomic E-state index is 0.410. The normalized spacial score (nSPS) is 12.6. The van der Waals surface area contributed by atoms with E-state index in [9.17, 15) is 0 Å². The van der Waals surface area contributed by atoms with Crippen LogP contribution in [0, 0.1) is 0 Å². The van der Waals surface area contributed by atoms with Crippen LogP contribution in [0.4, 0.5) is 0 Å². The SMILES string of the molecule is CCCCCC=CCSC(C)(C)C. The molecule has 0 aliphatic carbocycles. The monoisotopic (exact) mass is 200 g/mol. The predicted octanol–water partition coefficient (Wildman–Crippen LogP) is 4.65. The van der Waals surface area contributed by atoms with Gasteiger partial charge in [0.15, 0.2) is 0 Å². The minimum absolute atomic E-state index is 0.410. The van der Waals surface area contributed by atoms with Crippen LogP contribution in [0.2, 0.25) is 0 Å². The summed E-state index contributed by atoms with van der Waals surface area (Å²) >= 11 is 2.01. The molecule has 0 radical (unpaired) electrons. The molecule has 0 fully saturated rings. The van der Waals surface area contributed by atoms with E-state index in [1.165, 1.54) is 25.7 Å². The fourth-order valence-corrected chi connectivity index (χ4v) is 1.73. The summed E-state index contributed by atoms with van der Waals surface area (Å²) in [5.41, 5.74) is 0. The molecule has 1 heteroatoms. The van der Waals surface area contributed by atoms with Gasteiger partial charge in [-0.15, -0.1) is 0 Å². The predicted molar refractivity (Wildman–Crippen MR) is 65.5 cm³/mol. The summed E-state index contributed by atoms with van der Waals surface area (Å²) in [6.45, 7) is 9.05. The van der Waals surface area contributed by atoms with E-state index in [4.69, 9.17) is 0 Å². The van der Waals surface area contributed by atoms with Crippen molar-refractivity contribution < 1.29 is 0 Å². The highest BCUT2D eigenvalue weighted by Gasteiger charge is 2.07. The van der Waals surface area contributed by atoms with Crippen LogP contribution in [0.3, 0.4) is 0 Å². The summed E-state index contributed by atoms with van der Waals surface area (Å²) in [5.74, 6) is 1.16. The zero-order valence-corrected chi connectivity index (χ0v) is 10.4. The lowest BCUT2D eigenvalue weighted by molar-refractivity contribution is 0.729. The lowest BCUT2D eigenvalue weighted by atomic mass is 10.2. The second-order valence-electron chi connectivity index (χ2n) is 4.39. The van der Waals surface area contributed by atoms with Crippen molar-refractivity contribution in [3.8, 4) is 0 Å². The number of thioether (sulfide) groups is 1. The Hall–Kier alpha value is 0.0900. The van der Waals surface area contributed by atoms with Crippen LogP contribution in [0.15, 0.2) is 12.2 Å². The van der Waals surface area contributed by atoms with Crippen LogP contribution >= 0.6 is 11.8 Å². The van der Waals surface area contributed by atoms with Crippen LogP contribution in [0.5, 0.6) is 0 Å². The Morgan fingerprint density at radius 2 is 1.77 bits per heavy atom. The number of allylic oxidation sites excluding steroid dienone is 1. The Labute approximate surface area is 88.2 Å². The molecule has 0 saturated carbocycles. The minimum Gasteiger partial charge on any atom is -0.152 e. The molecular weight excluding hydrogens is 176 g/mol. The summed E-state index contributed by atoms with van der Waals surface area (Å²) in [4.78, 5) is 0. The summed E-state index contributed by atoms with van der Waals surface area (Å²) < 4.78 is 0.410. The fraction of sp³-hybridized carbons (Fsp3) is 0.833. The molecule has 0 aromatic rings. The molecule has 0 atom stereocenters. The van der Waals surface area contributed by atoms with E-state index in [1.807, 2.05) is 11.8 Å². The molecule has 0 aromatic heterocycles. The molecule has 0 nitrogen and oxygen atoms in total. The van der Waals surface area contributed by atoms with Gasteiger partial charge in [0.05, 0.1) is 0 Å². The topological polar surface area (TPSA) is 0 Å². The molecule has 0 heterocycles. The summed E-state index contributed by atoms with van der Waals surface area (Å²) in [6.07, 6.45) is 9.95. The first kappa shape index (κ1) is 13.1. The standard InChI is InChI=1S/C12H24S/c1-5-6-7-8-9-10-11-13-12(2,3)4/h9-10H,5-8,11H2,1-4H3. The molecule has 0 N–H and O–H groups in total. The van der Waals surface area contributed by atoms with Gasteiger partial charge in [0.25, 0.3) is 0 Å². The zero-order chi connectivity index (χ0) is 10.2. The van der Waals surface area contributed by atoms with Gasteiger partial charge in [-0.1, -0.05) is 52.7 Å². The first-order valence-electron chi connectivity index (χ1n) is 5.35. The van der Waals surface area contributed by atoms with Gasteiger partial charge >= 0.3 is 0 Å². The molecular formula is C12H24S. The second-order valence-corrected chi connectivity index (χ2v) is 6.24. The van der Waals surface area contributed by atoms with E-state index in [0.29, 0.717) is 4.75 Å². The molecule has 0 aliphatic heterocycles. The van der Waals surface area contributed by atoms with Crippen LogP contribution in [-0.4, -0.2) is 10.5 Å². The quantitative estimate of drug-likeness (QED) is 0.444. The maximum Gasteiger partial charge on any atom is 0.0118 e. The van der Waals surface area contributed by atoms with Gasteiger partial charge in [0, 0.05) is 10.5 Å². The number of hydrogen-bond acceptors (Lipinski definition) is 1. The Morgan fingerprint density at radius 3 is 2.31 bits per heavy atom. The number of unbranched alkanes of at least 4 members (excludes halogenated alkanes) is 3. The average Bonchev–Trinajstić information content (AvgIpc) is 2.01. The summed E-state index contributed by atoms with van der Waals surface area (Å²) in [5, 5.41) is 0. The van der Waals surface area contributed by atoms with Crippen molar-refractivity contribution in [2.24, 2.45) is 0 Å². The van der Waals surface area contributed by atoms with Gasteiger partial charge in [-0.2, -0.15) is 11.8 Å². The maximum atomic E-state index is 2.33. The van der Waals surface area contributed by atoms with E-state index >= 15 is 0 Å². The van der Waals surface area contributed by atoms with Crippen LogP contribution < -0.4 is 0 Å². The van der Waals surface area contributed by atoms with Crippen LogP contribution in [-0.2, 0) is 0 Å². The molecule has 0 spiro atoms. The molecule has 0 aliphatic rings. The third-order valence-corrected chi connectivity index (χ3v) is 2.98.